The summed E-state index contributed by atoms with van der Waals surface area (Å²) in [4.78, 5) is 24.6. The number of piperidine rings is 1. The minimum atomic E-state index is -4.40. The topological polar surface area (TPSA) is 49.3 Å². The average molecular weight is 392 g/mol. The Morgan fingerprint density at radius 1 is 1.21 bits per heavy atom. The molecule has 0 aliphatic carbocycles. The summed E-state index contributed by atoms with van der Waals surface area (Å²) in [6.07, 6.45) is 0.278. The molecule has 1 aliphatic heterocycles. The number of likely N-dealkylation sites (tertiary alicyclic amines) is 1. The van der Waals surface area contributed by atoms with E-state index in [0.717, 1.165) is 30.7 Å². The van der Waals surface area contributed by atoms with Gasteiger partial charge in [0.25, 0.3) is 0 Å². The van der Waals surface area contributed by atoms with Crippen molar-refractivity contribution in [1.29, 1.82) is 0 Å². The fraction of sp³-hybridized carbons (Fsp3) is 0.450. The number of carbonyl (C=O) groups is 1. The van der Waals surface area contributed by atoms with Crippen LogP contribution in [0.5, 0.6) is 0 Å². The van der Waals surface area contributed by atoms with E-state index in [0.29, 0.717) is 30.9 Å². The minimum Gasteiger partial charge on any atom is -0.342 e. The van der Waals surface area contributed by atoms with Crippen molar-refractivity contribution in [1.82, 2.24) is 19.8 Å². The lowest BCUT2D eigenvalue weighted by molar-refractivity contribution is -0.137. The van der Waals surface area contributed by atoms with Crippen LogP contribution in [0.3, 0.4) is 0 Å². The molecule has 0 spiro atoms. The van der Waals surface area contributed by atoms with Gasteiger partial charge in [0.1, 0.15) is 0 Å². The second kappa shape index (κ2) is 8.26. The summed E-state index contributed by atoms with van der Waals surface area (Å²) in [6, 6.07) is 5.12. The third-order valence-electron chi connectivity index (χ3n) is 4.86. The summed E-state index contributed by atoms with van der Waals surface area (Å²) in [5, 5.41) is 0. The summed E-state index contributed by atoms with van der Waals surface area (Å²) < 4.78 is 38.9. The number of alkyl halides is 3. The number of aromatic nitrogens is 2. The Morgan fingerprint density at radius 2 is 1.93 bits per heavy atom. The lowest BCUT2D eigenvalue weighted by atomic mass is 9.93. The molecule has 8 heteroatoms. The van der Waals surface area contributed by atoms with Crippen molar-refractivity contribution in [3.8, 4) is 11.3 Å². The van der Waals surface area contributed by atoms with E-state index >= 15 is 0 Å². The Labute approximate surface area is 162 Å². The standard InChI is InChI=1S/C20H23F3N4O/c1-26(2)13-19(28)27-8-6-14(7-9-27)17-11-24-12-18(25-17)15-4-3-5-16(10-15)20(21,22)23/h3-5,10-12,14H,6-9,13H2,1-2H3. The SMILES string of the molecule is CN(C)CC(=O)N1CCC(c2cncc(-c3cccc(C(F)(F)F)c3)n2)CC1. The number of nitrogens with zero attached hydrogens (tertiary/aromatic N) is 4. The Balaban J connectivity index is 1.72. The van der Waals surface area contributed by atoms with Gasteiger partial charge in [-0.15, -0.1) is 0 Å². The average Bonchev–Trinajstić information content (AvgIpc) is 2.67. The van der Waals surface area contributed by atoms with Gasteiger partial charge in [0.2, 0.25) is 5.91 Å². The second-order valence-corrected chi connectivity index (χ2v) is 7.30. The fourth-order valence-electron chi connectivity index (χ4n) is 3.37. The molecule has 2 heterocycles. The zero-order valence-corrected chi connectivity index (χ0v) is 15.9. The fourth-order valence-corrected chi connectivity index (χ4v) is 3.37. The molecular formula is C20H23F3N4O. The predicted octanol–water partition coefficient (Wildman–Crippen LogP) is 3.43. The van der Waals surface area contributed by atoms with Gasteiger partial charge in [0.15, 0.2) is 0 Å². The first-order valence-corrected chi connectivity index (χ1v) is 9.16. The van der Waals surface area contributed by atoms with Crippen molar-refractivity contribution in [2.24, 2.45) is 0 Å². The summed E-state index contributed by atoms with van der Waals surface area (Å²) in [5.41, 5.74) is 0.872. The molecule has 3 rings (SSSR count). The predicted molar refractivity (Wildman–Crippen MR) is 99.6 cm³/mol. The van der Waals surface area contributed by atoms with Crippen LogP contribution in [0, 0.1) is 0 Å². The molecule has 1 aromatic heterocycles. The van der Waals surface area contributed by atoms with Gasteiger partial charge in [-0.25, -0.2) is 4.98 Å². The molecule has 28 heavy (non-hydrogen) atoms. The molecule has 0 N–H and O–H groups in total. The number of carbonyl (C=O) groups excluding carboxylic acids is 1. The molecule has 1 aromatic carbocycles. The van der Waals surface area contributed by atoms with E-state index in [1.807, 2.05) is 23.9 Å². The summed E-state index contributed by atoms with van der Waals surface area (Å²) in [6.45, 7) is 1.68. The highest BCUT2D eigenvalue weighted by molar-refractivity contribution is 5.78. The normalized spacial score (nSPS) is 15.9. The molecule has 1 saturated heterocycles. The first-order valence-electron chi connectivity index (χ1n) is 9.16. The van der Waals surface area contributed by atoms with Gasteiger partial charge in [-0.05, 0) is 39.1 Å². The van der Waals surface area contributed by atoms with Crippen LogP contribution in [0.25, 0.3) is 11.3 Å². The number of halogens is 3. The van der Waals surface area contributed by atoms with Crippen LogP contribution in [0.2, 0.25) is 0 Å². The maximum atomic E-state index is 13.0. The van der Waals surface area contributed by atoms with Crippen LogP contribution >= 0.6 is 0 Å². The highest BCUT2D eigenvalue weighted by Crippen LogP contribution is 2.32. The number of amides is 1. The number of benzene rings is 1. The summed E-state index contributed by atoms with van der Waals surface area (Å²) in [5.74, 6) is 0.244. The lowest BCUT2D eigenvalue weighted by Gasteiger charge is -2.32. The highest BCUT2D eigenvalue weighted by Gasteiger charge is 2.30. The van der Waals surface area contributed by atoms with E-state index in [9.17, 15) is 18.0 Å². The van der Waals surface area contributed by atoms with Gasteiger partial charge in [0, 0.05) is 30.8 Å². The quantitative estimate of drug-likeness (QED) is 0.800. The van der Waals surface area contributed by atoms with E-state index in [2.05, 4.69) is 9.97 Å². The van der Waals surface area contributed by atoms with Crippen molar-refractivity contribution in [2.75, 3.05) is 33.7 Å². The molecule has 0 saturated carbocycles. The van der Waals surface area contributed by atoms with E-state index in [1.165, 1.54) is 12.3 Å². The van der Waals surface area contributed by atoms with Crippen LogP contribution in [-0.2, 0) is 11.0 Å². The maximum Gasteiger partial charge on any atom is 0.416 e. The molecule has 2 aromatic rings. The van der Waals surface area contributed by atoms with Gasteiger partial charge >= 0.3 is 6.18 Å². The van der Waals surface area contributed by atoms with E-state index in [-0.39, 0.29) is 11.8 Å². The first-order chi connectivity index (χ1) is 13.2. The molecule has 0 atom stereocenters. The number of rotatable bonds is 4. The summed E-state index contributed by atoms with van der Waals surface area (Å²) in [7, 11) is 3.72. The number of likely N-dealkylation sites (N-methyl/N-ethyl adjacent to an activating group) is 1. The summed E-state index contributed by atoms with van der Waals surface area (Å²) >= 11 is 0. The molecular weight excluding hydrogens is 369 g/mol. The van der Waals surface area contributed by atoms with Gasteiger partial charge in [-0.3, -0.25) is 9.78 Å². The van der Waals surface area contributed by atoms with Gasteiger partial charge in [-0.2, -0.15) is 13.2 Å². The van der Waals surface area contributed by atoms with Crippen LogP contribution in [0.1, 0.15) is 30.0 Å². The molecule has 1 aliphatic rings. The molecule has 0 bridgehead atoms. The Kier molecular flexibility index (Phi) is 5.98. The van der Waals surface area contributed by atoms with Crippen LogP contribution in [0.15, 0.2) is 36.7 Å². The molecule has 5 nitrogen and oxygen atoms in total. The molecule has 0 unspecified atom stereocenters. The largest absolute Gasteiger partial charge is 0.416 e. The minimum absolute atomic E-state index is 0.104. The number of hydrogen-bond acceptors (Lipinski definition) is 4. The first kappa shape index (κ1) is 20.3. The molecule has 150 valence electrons. The third kappa shape index (κ3) is 4.86. The van der Waals surface area contributed by atoms with Crippen molar-refractivity contribution >= 4 is 5.91 Å². The van der Waals surface area contributed by atoms with Gasteiger partial charge in [0.05, 0.1) is 29.7 Å². The third-order valence-corrected chi connectivity index (χ3v) is 4.86. The molecule has 1 amide bonds. The van der Waals surface area contributed by atoms with Gasteiger partial charge in [-0.1, -0.05) is 12.1 Å². The van der Waals surface area contributed by atoms with E-state index in [1.54, 1.807) is 12.3 Å². The van der Waals surface area contributed by atoms with Crippen molar-refractivity contribution in [2.45, 2.75) is 24.9 Å². The lowest BCUT2D eigenvalue weighted by Crippen LogP contribution is -2.42. The highest BCUT2D eigenvalue weighted by atomic mass is 19.4. The van der Waals surface area contributed by atoms with Crippen molar-refractivity contribution in [3.63, 3.8) is 0 Å². The zero-order chi connectivity index (χ0) is 20.3. The zero-order valence-electron chi connectivity index (χ0n) is 15.9. The van der Waals surface area contributed by atoms with Crippen molar-refractivity contribution < 1.29 is 18.0 Å². The molecule has 0 radical (unpaired) electrons. The Hall–Kier alpha value is -2.48. The van der Waals surface area contributed by atoms with E-state index < -0.39 is 11.7 Å². The van der Waals surface area contributed by atoms with Gasteiger partial charge < -0.3 is 9.80 Å². The smallest absolute Gasteiger partial charge is 0.342 e. The van der Waals surface area contributed by atoms with Crippen molar-refractivity contribution in [3.05, 3.63) is 47.9 Å². The monoisotopic (exact) mass is 392 g/mol. The van der Waals surface area contributed by atoms with Crippen LogP contribution in [0.4, 0.5) is 13.2 Å². The molecule has 1 fully saturated rings. The maximum absolute atomic E-state index is 13.0. The van der Waals surface area contributed by atoms with Crippen LogP contribution < -0.4 is 0 Å². The van der Waals surface area contributed by atoms with E-state index in [4.69, 9.17) is 0 Å². The Bertz CT molecular complexity index is 830. The number of hydrogen-bond donors (Lipinski definition) is 0. The van der Waals surface area contributed by atoms with Crippen LogP contribution in [-0.4, -0.2) is 59.4 Å². The second-order valence-electron chi connectivity index (χ2n) is 7.30. The Morgan fingerprint density at radius 3 is 2.57 bits per heavy atom.